The molecule has 1 aromatic carbocycles. The molecule has 1 aliphatic heterocycles. The SMILES string of the molecule is COc1ccc(CCC(=O)N2CCC(NCC3CC3)CC2)c(OC)c1OC. The number of ether oxygens (including phenoxy) is 3. The molecule has 1 aromatic rings. The Morgan fingerprint density at radius 1 is 1.04 bits per heavy atom. The third kappa shape index (κ3) is 5.06. The molecule has 0 bridgehead atoms. The number of piperidine rings is 1. The monoisotopic (exact) mass is 376 g/mol. The van der Waals surface area contributed by atoms with Gasteiger partial charge in [0.15, 0.2) is 11.5 Å². The van der Waals surface area contributed by atoms with Crippen LogP contribution in [0.1, 0.15) is 37.7 Å². The van der Waals surface area contributed by atoms with Crippen LogP contribution in [0, 0.1) is 5.92 Å². The second-order valence-corrected chi connectivity index (χ2v) is 7.50. The molecule has 27 heavy (non-hydrogen) atoms. The van der Waals surface area contributed by atoms with E-state index in [9.17, 15) is 4.79 Å². The number of nitrogens with one attached hydrogen (secondary N) is 1. The third-order valence-electron chi connectivity index (χ3n) is 5.63. The number of likely N-dealkylation sites (tertiary alicyclic amines) is 1. The molecule has 1 heterocycles. The Hall–Kier alpha value is -1.95. The van der Waals surface area contributed by atoms with Crippen LogP contribution in [-0.4, -0.2) is 57.8 Å². The maximum absolute atomic E-state index is 12.6. The maximum atomic E-state index is 12.6. The zero-order valence-corrected chi connectivity index (χ0v) is 16.8. The lowest BCUT2D eigenvalue weighted by Crippen LogP contribution is -2.45. The van der Waals surface area contributed by atoms with Crippen LogP contribution < -0.4 is 19.5 Å². The summed E-state index contributed by atoms with van der Waals surface area (Å²) in [6.45, 7) is 2.85. The summed E-state index contributed by atoms with van der Waals surface area (Å²) in [6.07, 6.45) is 5.97. The molecule has 0 radical (unpaired) electrons. The molecule has 6 nitrogen and oxygen atoms in total. The molecule has 1 saturated carbocycles. The predicted molar refractivity (Wildman–Crippen MR) is 105 cm³/mol. The van der Waals surface area contributed by atoms with Gasteiger partial charge in [-0.2, -0.15) is 0 Å². The van der Waals surface area contributed by atoms with Crippen molar-refractivity contribution in [3.05, 3.63) is 17.7 Å². The van der Waals surface area contributed by atoms with Gasteiger partial charge in [0, 0.05) is 25.6 Å². The van der Waals surface area contributed by atoms with E-state index in [2.05, 4.69) is 5.32 Å². The zero-order chi connectivity index (χ0) is 19.2. The summed E-state index contributed by atoms with van der Waals surface area (Å²) in [4.78, 5) is 14.6. The first-order chi connectivity index (χ1) is 13.2. The van der Waals surface area contributed by atoms with Crippen molar-refractivity contribution in [3.63, 3.8) is 0 Å². The molecule has 6 heteroatoms. The topological polar surface area (TPSA) is 60.0 Å². The minimum Gasteiger partial charge on any atom is -0.493 e. The van der Waals surface area contributed by atoms with Crippen LogP contribution in [-0.2, 0) is 11.2 Å². The summed E-state index contributed by atoms with van der Waals surface area (Å²) in [5.74, 6) is 2.97. The second-order valence-electron chi connectivity index (χ2n) is 7.50. The van der Waals surface area contributed by atoms with E-state index in [4.69, 9.17) is 14.2 Å². The van der Waals surface area contributed by atoms with Crippen molar-refractivity contribution in [1.29, 1.82) is 0 Å². The number of hydrogen-bond donors (Lipinski definition) is 1. The number of amides is 1. The summed E-state index contributed by atoms with van der Waals surface area (Å²) >= 11 is 0. The Balaban J connectivity index is 1.50. The van der Waals surface area contributed by atoms with Crippen LogP contribution in [0.2, 0.25) is 0 Å². The van der Waals surface area contributed by atoms with E-state index in [1.54, 1.807) is 21.3 Å². The van der Waals surface area contributed by atoms with Gasteiger partial charge in [-0.25, -0.2) is 0 Å². The lowest BCUT2D eigenvalue weighted by Gasteiger charge is -2.32. The number of carbonyl (C=O) groups excluding carboxylic acids is 1. The Morgan fingerprint density at radius 3 is 2.33 bits per heavy atom. The van der Waals surface area contributed by atoms with Crippen LogP contribution in [0.4, 0.5) is 0 Å². The summed E-state index contributed by atoms with van der Waals surface area (Å²) in [5, 5.41) is 3.66. The Bertz CT molecular complexity index is 637. The van der Waals surface area contributed by atoms with E-state index in [1.807, 2.05) is 17.0 Å². The van der Waals surface area contributed by atoms with E-state index >= 15 is 0 Å². The summed E-state index contributed by atoms with van der Waals surface area (Å²) < 4.78 is 16.3. The van der Waals surface area contributed by atoms with Gasteiger partial charge in [-0.05, 0) is 56.2 Å². The van der Waals surface area contributed by atoms with Crippen molar-refractivity contribution in [2.45, 2.75) is 44.6 Å². The second kappa shape index (κ2) is 9.31. The highest BCUT2D eigenvalue weighted by atomic mass is 16.5. The van der Waals surface area contributed by atoms with Gasteiger partial charge in [0.2, 0.25) is 11.7 Å². The number of nitrogens with zero attached hydrogens (tertiary/aromatic N) is 1. The average molecular weight is 376 g/mol. The van der Waals surface area contributed by atoms with Crippen LogP contribution >= 0.6 is 0 Å². The van der Waals surface area contributed by atoms with E-state index < -0.39 is 0 Å². The van der Waals surface area contributed by atoms with Gasteiger partial charge in [0.25, 0.3) is 0 Å². The van der Waals surface area contributed by atoms with Gasteiger partial charge in [-0.15, -0.1) is 0 Å². The molecule has 150 valence electrons. The summed E-state index contributed by atoms with van der Waals surface area (Å²) in [5.41, 5.74) is 0.962. The molecule has 0 unspecified atom stereocenters. The van der Waals surface area contributed by atoms with E-state index in [1.165, 1.54) is 12.8 Å². The lowest BCUT2D eigenvalue weighted by molar-refractivity contribution is -0.132. The first-order valence-electron chi connectivity index (χ1n) is 9.95. The van der Waals surface area contributed by atoms with E-state index in [-0.39, 0.29) is 5.91 Å². The van der Waals surface area contributed by atoms with Gasteiger partial charge in [0.1, 0.15) is 0 Å². The van der Waals surface area contributed by atoms with E-state index in [0.29, 0.717) is 36.1 Å². The van der Waals surface area contributed by atoms with Crippen molar-refractivity contribution in [1.82, 2.24) is 10.2 Å². The number of benzene rings is 1. The number of hydrogen-bond acceptors (Lipinski definition) is 5. The lowest BCUT2D eigenvalue weighted by atomic mass is 10.0. The highest BCUT2D eigenvalue weighted by Crippen LogP contribution is 2.40. The van der Waals surface area contributed by atoms with Crippen molar-refractivity contribution in [2.24, 2.45) is 5.92 Å². The smallest absolute Gasteiger partial charge is 0.222 e. The first kappa shape index (κ1) is 19.8. The molecule has 1 aliphatic carbocycles. The van der Waals surface area contributed by atoms with Gasteiger partial charge in [0.05, 0.1) is 21.3 Å². The minimum absolute atomic E-state index is 0.215. The van der Waals surface area contributed by atoms with Crippen molar-refractivity contribution < 1.29 is 19.0 Å². The molecule has 2 fully saturated rings. The van der Waals surface area contributed by atoms with Gasteiger partial charge >= 0.3 is 0 Å². The fourth-order valence-corrected chi connectivity index (χ4v) is 3.75. The molecule has 0 spiro atoms. The first-order valence-corrected chi connectivity index (χ1v) is 9.95. The Labute approximate surface area is 162 Å². The molecular weight excluding hydrogens is 344 g/mol. The summed E-state index contributed by atoms with van der Waals surface area (Å²) in [7, 11) is 4.81. The van der Waals surface area contributed by atoms with Gasteiger partial charge in [-0.1, -0.05) is 6.07 Å². The van der Waals surface area contributed by atoms with Crippen LogP contribution in [0.25, 0.3) is 0 Å². The molecule has 1 amide bonds. The highest BCUT2D eigenvalue weighted by molar-refractivity contribution is 5.76. The number of rotatable bonds is 9. The normalized spacial score (nSPS) is 17.7. The number of aryl methyl sites for hydroxylation is 1. The van der Waals surface area contributed by atoms with Crippen LogP contribution in [0.5, 0.6) is 17.2 Å². The third-order valence-corrected chi connectivity index (χ3v) is 5.63. The zero-order valence-electron chi connectivity index (χ0n) is 16.8. The van der Waals surface area contributed by atoms with Crippen LogP contribution in [0.3, 0.4) is 0 Å². The molecule has 0 atom stereocenters. The van der Waals surface area contributed by atoms with Crippen molar-refractivity contribution in [2.75, 3.05) is 41.0 Å². The Morgan fingerprint density at radius 2 is 1.74 bits per heavy atom. The summed E-state index contributed by atoms with van der Waals surface area (Å²) in [6, 6.07) is 4.38. The maximum Gasteiger partial charge on any atom is 0.222 e. The average Bonchev–Trinajstić information content (AvgIpc) is 3.54. The highest BCUT2D eigenvalue weighted by Gasteiger charge is 2.26. The molecule has 1 N–H and O–H groups in total. The fourth-order valence-electron chi connectivity index (χ4n) is 3.75. The molecule has 2 aliphatic rings. The molecular formula is C21H32N2O4. The molecule has 3 rings (SSSR count). The van der Waals surface area contributed by atoms with Crippen LogP contribution in [0.15, 0.2) is 12.1 Å². The molecule has 0 aromatic heterocycles. The quantitative estimate of drug-likeness (QED) is 0.718. The predicted octanol–water partition coefficient (Wildman–Crippen LogP) is 2.64. The number of methoxy groups -OCH3 is 3. The molecule has 1 saturated heterocycles. The van der Waals surface area contributed by atoms with Crippen molar-refractivity contribution in [3.8, 4) is 17.2 Å². The largest absolute Gasteiger partial charge is 0.493 e. The Kier molecular flexibility index (Phi) is 6.83. The van der Waals surface area contributed by atoms with Gasteiger partial charge < -0.3 is 24.4 Å². The minimum atomic E-state index is 0.215. The van der Waals surface area contributed by atoms with Crippen molar-refractivity contribution >= 4 is 5.91 Å². The standard InChI is InChI=1S/C21H32N2O4/c1-25-18-8-6-16(20(26-2)21(18)27-3)7-9-19(24)23-12-10-17(11-13-23)22-14-15-4-5-15/h6,8,15,17,22H,4-5,7,9-14H2,1-3H3. The fraction of sp³-hybridized carbons (Fsp3) is 0.667. The van der Waals surface area contributed by atoms with E-state index in [0.717, 1.165) is 44.0 Å². The van der Waals surface area contributed by atoms with Gasteiger partial charge in [-0.3, -0.25) is 4.79 Å². The number of carbonyl (C=O) groups is 1.